The number of nitrogens with zero attached hydrogens (tertiary/aromatic N) is 1. The molecule has 0 atom stereocenters. The quantitative estimate of drug-likeness (QED) is 0.814. The fourth-order valence-electron chi connectivity index (χ4n) is 1.54. The Bertz CT molecular complexity index is 681. The second kappa shape index (κ2) is 4.15. The first-order valence-electron chi connectivity index (χ1n) is 4.80. The summed E-state index contributed by atoms with van der Waals surface area (Å²) in [5.74, 6) is -4.46. The minimum absolute atomic E-state index is 0.280. The zero-order chi connectivity index (χ0) is 14.4. The van der Waals surface area contributed by atoms with E-state index in [4.69, 9.17) is 5.11 Å². The standard InChI is InChI=1S/C11H4F5NO2/c12-6-1-4-5(10(18)19)2-9(11(14,15)16)17-8(4)3-7(6)13/h1-3H,(H,18,19). The fourth-order valence-corrected chi connectivity index (χ4v) is 1.54. The highest BCUT2D eigenvalue weighted by molar-refractivity contribution is 6.02. The SMILES string of the molecule is O=C(O)c1cc(C(F)(F)F)nc2cc(F)c(F)cc12. The molecular weight excluding hydrogens is 273 g/mol. The smallest absolute Gasteiger partial charge is 0.433 e. The van der Waals surface area contributed by atoms with Crippen LogP contribution in [0.3, 0.4) is 0 Å². The van der Waals surface area contributed by atoms with Crippen LogP contribution < -0.4 is 0 Å². The second-order valence-corrected chi connectivity index (χ2v) is 3.64. The third kappa shape index (κ3) is 2.33. The van der Waals surface area contributed by atoms with Crippen LogP contribution in [0.5, 0.6) is 0 Å². The molecule has 0 fully saturated rings. The van der Waals surface area contributed by atoms with Crippen molar-refractivity contribution in [3.8, 4) is 0 Å². The molecule has 0 aliphatic heterocycles. The van der Waals surface area contributed by atoms with E-state index in [1.807, 2.05) is 0 Å². The molecule has 1 heterocycles. The lowest BCUT2D eigenvalue weighted by Gasteiger charge is -2.09. The minimum Gasteiger partial charge on any atom is -0.478 e. The van der Waals surface area contributed by atoms with E-state index >= 15 is 0 Å². The van der Waals surface area contributed by atoms with Crippen molar-refractivity contribution in [1.29, 1.82) is 0 Å². The number of aromatic carboxylic acids is 1. The van der Waals surface area contributed by atoms with E-state index in [1.165, 1.54) is 0 Å². The number of hydrogen-bond donors (Lipinski definition) is 1. The average molecular weight is 277 g/mol. The normalized spacial score (nSPS) is 11.8. The maximum Gasteiger partial charge on any atom is 0.433 e. The summed E-state index contributed by atoms with van der Waals surface area (Å²) in [7, 11) is 0. The van der Waals surface area contributed by atoms with Gasteiger partial charge in [-0.15, -0.1) is 0 Å². The van der Waals surface area contributed by atoms with Gasteiger partial charge in [0.25, 0.3) is 0 Å². The van der Waals surface area contributed by atoms with Crippen LogP contribution in [0.4, 0.5) is 22.0 Å². The molecule has 0 radical (unpaired) electrons. The summed E-state index contributed by atoms with van der Waals surface area (Å²) >= 11 is 0. The highest BCUT2D eigenvalue weighted by atomic mass is 19.4. The highest BCUT2D eigenvalue weighted by Gasteiger charge is 2.34. The third-order valence-electron chi connectivity index (χ3n) is 2.37. The van der Waals surface area contributed by atoms with Crippen LogP contribution in [0.15, 0.2) is 18.2 Å². The molecule has 0 saturated carbocycles. The summed E-state index contributed by atoms with van der Waals surface area (Å²) in [6.07, 6.45) is -4.89. The minimum atomic E-state index is -4.89. The van der Waals surface area contributed by atoms with E-state index < -0.39 is 45.9 Å². The Hall–Kier alpha value is -2.25. The second-order valence-electron chi connectivity index (χ2n) is 3.64. The summed E-state index contributed by atoms with van der Waals surface area (Å²) in [6, 6.07) is 1.20. The predicted molar refractivity (Wildman–Crippen MR) is 53.6 cm³/mol. The molecular formula is C11H4F5NO2. The van der Waals surface area contributed by atoms with Crippen molar-refractivity contribution in [3.63, 3.8) is 0 Å². The average Bonchev–Trinajstić information content (AvgIpc) is 2.27. The number of rotatable bonds is 1. The van der Waals surface area contributed by atoms with Gasteiger partial charge in [0.15, 0.2) is 11.6 Å². The molecule has 0 aliphatic carbocycles. The lowest BCUT2D eigenvalue weighted by molar-refractivity contribution is -0.141. The third-order valence-corrected chi connectivity index (χ3v) is 2.37. The summed E-state index contributed by atoms with van der Waals surface area (Å²) in [5, 5.41) is 8.42. The molecule has 8 heteroatoms. The van der Waals surface area contributed by atoms with Crippen LogP contribution in [-0.2, 0) is 6.18 Å². The first kappa shape index (κ1) is 13.2. The number of pyridine rings is 1. The number of benzene rings is 1. The maximum absolute atomic E-state index is 13.0. The van der Waals surface area contributed by atoms with Gasteiger partial charge in [-0.05, 0) is 12.1 Å². The molecule has 1 aromatic heterocycles. The van der Waals surface area contributed by atoms with Crippen LogP contribution in [-0.4, -0.2) is 16.1 Å². The topological polar surface area (TPSA) is 50.2 Å². The van der Waals surface area contributed by atoms with Gasteiger partial charge < -0.3 is 5.11 Å². The van der Waals surface area contributed by atoms with Crippen LogP contribution in [0, 0.1) is 11.6 Å². The van der Waals surface area contributed by atoms with Crippen molar-refractivity contribution in [2.75, 3.05) is 0 Å². The Balaban J connectivity index is 2.88. The van der Waals surface area contributed by atoms with Gasteiger partial charge in [0.2, 0.25) is 0 Å². The van der Waals surface area contributed by atoms with Crippen molar-refractivity contribution >= 4 is 16.9 Å². The lowest BCUT2D eigenvalue weighted by Crippen LogP contribution is -2.11. The lowest BCUT2D eigenvalue weighted by atomic mass is 10.1. The Morgan fingerprint density at radius 1 is 1.11 bits per heavy atom. The summed E-state index contributed by atoms with van der Waals surface area (Å²) < 4.78 is 63.5. The van der Waals surface area contributed by atoms with Gasteiger partial charge in [-0.25, -0.2) is 18.6 Å². The van der Waals surface area contributed by atoms with E-state index in [-0.39, 0.29) is 6.07 Å². The summed E-state index contributed by atoms with van der Waals surface area (Å²) in [4.78, 5) is 14.0. The van der Waals surface area contributed by atoms with Crippen molar-refractivity contribution < 1.29 is 31.9 Å². The number of hydrogen-bond acceptors (Lipinski definition) is 2. The van der Waals surface area contributed by atoms with Gasteiger partial charge in [-0.1, -0.05) is 0 Å². The molecule has 0 saturated heterocycles. The van der Waals surface area contributed by atoms with Gasteiger partial charge in [0.1, 0.15) is 5.69 Å². The van der Waals surface area contributed by atoms with E-state index in [9.17, 15) is 26.7 Å². The number of alkyl halides is 3. The van der Waals surface area contributed by atoms with Crippen LogP contribution in [0.2, 0.25) is 0 Å². The Kier molecular flexibility index (Phi) is 2.88. The predicted octanol–water partition coefficient (Wildman–Crippen LogP) is 3.23. The molecule has 2 aromatic rings. The number of carboxylic acid groups (broad SMARTS) is 1. The number of aromatic nitrogens is 1. The summed E-state index contributed by atoms with van der Waals surface area (Å²) in [5.41, 5.74) is -2.86. The van der Waals surface area contributed by atoms with E-state index in [1.54, 1.807) is 0 Å². The molecule has 100 valence electrons. The molecule has 0 spiro atoms. The van der Waals surface area contributed by atoms with Crippen LogP contribution >= 0.6 is 0 Å². The zero-order valence-corrected chi connectivity index (χ0v) is 8.92. The highest BCUT2D eigenvalue weighted by Crippen LogP contribution is 2.31. The molecule has 0 amide bonds. The molecule has 3 nitrogen and oxygen atoms in total. The number of halogens is 5. The van der Waals surface area contributed by atoms with Gasteiger partial charge in [0, 0.05) is 11.5 Å². The Labute approximate surface area is 102 Å². The largest absolute Gasteiger partial charge is 0.478 e. The van der Waals surface area contributed by atoms with Crippen LogP contribution in [0.1, 0.15) is 16.1 Å². The number of carboxylic acids is 1. The van der Waals surface area contributed by atoms with E-state index in [0.717, 1.165) is 0 Å². The van der Waals surface area contributed by atoms with Gasteiger partial charge in [-0.2, -0.15) is 13.2 Å². The zero-order valence-electron chi connectivity index (χ0n) is 8.92. The van der Waals surface area contributed by atoms with Gasteiger partial charge in [-0.3, -0.25) is 0 Å². The number of carbonyl (C=O) groups is 1. The summed E-state index contributed by atoms with van der Waals surface area (Å²) in [6.45, 7) is 0. The van der Waals surface area contributed by atoms with E-state index in [2.05, 4.69) is 4.98 Å². The number of fused-ring (bicyclic) bond motifs is 1. The first-order valence-corrected chi connectivity index (χ1v) is 4.80. The molecule has 0 bridgehead atoms. The monoisotopic (exact) mass is 277 g/mol. The molecule has 1 aromatic carbocycles. The molecule has 19 heavy (non-hydrogen) atoms. The molecule has 0 aliphatic rings. The van der Waals surface area contributed by atoms with Crippen molar-refractivity contribution in [1.82, 2.24) is 4.98 Å². The van der Waals surface area contributed by atoms with Crippen molar-refractivity contribution in [3.05, 3.63) is 41.1 Å². The van der Waals surface area contributed by atoms with Crippen molar-refractivity contribution in [2.24, 2.45) is 0 Å². The fraction of sp³-hybridized carbons (Fsp3) is 0.0909. The van der Waals surface area contributed by atoms with Crippen LogP contribution in [0.25, 0.3) is 10.9 Å². The van der Waals surface area contributed by atoms with Crippen molar-refractivity contribution in [2.45, 2.75) is 6.18 Å². The maximum atomic E-state index is 13.0. The Morgan fingerprint density at radius 3 is 2.21 bits per heavy atom. The Morgan fingerprint density at radius 2 is 1.68 bits per heavy atom. The molecule has 1 N–H and O–H groups in total. The van der Waals surface area contributed by atoms with Gasteiger partial charge >= 0.3 is 12.1 Å². The molecule has 0 unspecified atom stereocenters. The molecule has 2 rings (SSSR count). The van der Waals surface area contributed by atoms with Gasteiger partial charge in [0.05, 0.1) is 11.1 Å². The first-order chi connectivity index (χ1) is 8.70. The van der Waals surface area contributed by atoms with E-state index in [0.29, 0.717) is 12.1 Å².